The number of nitrogens with one attached hydrogen (secondary N) is 1. The Morgan fingerprint density at radius 3 is 2.33 bits per heavy atom. The van der Waals surface area contributed by atoms with E-state index in [1.807, 2.05) is 12.1 Å². The SMILES string of the molecule is N#Cc1cc2c(nc1NC1CCC(n3nc4c(cc3=O)CCCC4)CC1)CCCC2. The molecule has 0 spiro atoms. The lowest BCUT2D eigenvalue weighted by Crippen LogP contribution is -2.34. The van der Waals surface area contributed by atoms with E-state index in [1.165, 1.54) is 24.8 Å². The Hall–Kier alpha value is -2.68. The maximum absolute atomic E-state index is 12.6. The van der Waals surface area contributed by atoms with E-state index in [0.717, 1.165) is 80.6 Å². The highest BCUT2D eigenvalue weighted by Gasteiger charge is 2.26. The van der Waals surface area contributed by atoms with Crippen molar-refractivity contribution in [1.29, 1.82) is 5.26 Å². The molecule has 156 valence electrons. The first-order valence-electron chi connectivity index (χ1n) is 11.5. The van der Waals surface area contributed by atoms with E-state index < -0.39 is 0 Å². The fourth-order valence-electron chi connectivity index (χ4n) is 5.33. The van der Waals surface area contributed by atoms with Gasteiger partial charge in [0.2, 0.25) is 0 Å². The lowest BCUT2D eigenvalue weighted by atomic mass is 9.90. The molecule has 3 aliphatic carbocycles. The molecule has 0 aliphatic heterocycles. The number of hydrogen-bond donors (Lipinski definition) is 1. The summed E-state index contributed by atoms with van der Waals surface area (Å²) in [6.07, 6.45) is 12.5. The van der Waals surface area contributed by atoms with E-state index >= 15 is 0 Å². The van der Waals surface area contributed by atoms with Crippen molar-refractivity contribution in [1.82, 2.24) is 14.8 Å². The molecule has 3 aliphatic rings. The van der Waals surface area contributed by atoms with Gasteiger partial charge < -0.3 is 5.32 Å². The first-order chi connectivity index (χ1) is 14.7. The summed E-state index contributed by atoms with van der Waals surface area (Å²) < 4.78 is 1.75. The van der Waals surface area contributed by atoms with Gasteiger partial charge in [-0.2, -0.15) is 10.4 Å². The van der Waals surface area contributed by atoms with E-state index in [9.17, 15) is 10.1 Å². The van der Waals surface area contributed by atoms with Gasteiger partial charge in [0.1, 0.15) is 11.9 Å². The quantitative estimate of drug-likeness (QED) is 0.841. The highest BCUT2D eigenvalue weighted by atomic mass is 16.1. The minimum atomic E-state index is 0.0511. The standard InChI is InChI=1S/C24H29N5O/c25-15-18-13-16-5-1-3-7-21(16)27-24(18)26-19-9-11-20(12-10-19)29-23(30)14-17-6-2-4-8-22(17)28-29/h13-14,19-20H,1-12H2,(H,26,27). The number of anilines is 1. The van der Waals surface area contributed by atoms with Crippen molar-refractivity contribution in [3.63, 3.8) is 0 Å². The van der Waals surface area contributed by atoms with Gasteiger partial charge in [-0.15, -0.1) is 0 Å². The van der Waals surface area contributed by atoms with Crippen molar-refractivity contribution in [3.8, 4) is 6.07 Å². The molecule has 30 heavy (non-hydrogen) atoms. The molecule has 1 N–H and O–H groups in total. The zero-order valence-corrected chi connectivity index (χ0v) is 17.5. The minimum Gasteiger partial charge on any atom is -0.366 e. The summed E-state index contributed by atoms with van der Waals surface area (Å²) in [4.78, 5) is 17.4. The second-order valence-electron chi connectivity index (χ2n) is 9.07. The fourth-order valence-corrected chi connectivity index (χ4v) is 5.33. The molecule has 1 fully saturated rings. The van der Waals surface area contributed by atoms with Crippen LogP contribution in [0.2, 0.25) is 0 Å². The topological polar surface area (TPSA) is 83.6 Å². The molecule has 0 aromatic carbocycles. The fraction of sp³-hybridized carbons (Fsp3) is 0.583. The molecule has 0 atom stereocenters. The molecule has 6 nitrogen and oxygen atoms in total. The van der Waals surface area contributed by atoms with Crippen LogP contribution in [-0.2, 0) is 25.7 Å². The van der Waals surface area contributed by atoms with E-state index in [1.54, 1.807) is 4.68 Å². The lowest BCUT2D eigenvalue weighted by Gasteiger charge is -2.31. The normalized spacial score (nSPS) is 23.2. The van der Waals surface area contributed by atoms with Gasteiger partial charge in [-0.3, -0.25) is 4.79 Å². The lowest BCUT2D eigenvalue weighted by molar-refractivity contribution is 0.300. The highest BCUT2D eigenvalue weighted by Crippen LogP contribution is 2.31. The summed E-state index contributed by atoms with van der Waals surface area (Å²) >= 11 is 0. The number of fused-ring (bicyclic) bond motifs is 2. The van der Waals surface area contributed by atoms with Crippen LogP contribution >= 0.6 is 0 Å². The van der Waals surface area contributed by atoms with Crippen LogP contribution < -0.4 is 10.9 Å². The summed E-state index contributed by atoms with van der Waals surface area (Å²) in [5.74, 6) is 0.741. The van der Waals surface area contributed by atoms with Gasteiger partial charge in [-0.1, -0.05) is 0 Å². The van der Waals surface area contributed by atoms with Crippen LogP contribution in [0.25, 0.3) is 0 Å². The second-order valence-corrected chi connectivity index (χ2v) is 9.07. The number of hydrogen-bond acceptors (Lipinski definition) is 5. The van der Waals surface area contributed by atoms with Crippen LogP contribution in [0.3, 0.4) is 0 Å². The molecule has 5 rings (SSSR count). The molecule has 0 amide bonds. The molecule has 0 radical (unpaired) electrons. The molecular formula is C24H29N5O. The molecular weight excluding hydrogens is 374 g/mol. The Morgan fingerprint density at radius 1 is 0.933 bits per heavy atom. The van der Waals surface area contributed by atoms with Crippen LogP contribution in [0, 0.1) is 11.3 Å². The Bertz CT molecular complexity index is 1040. The van der Waals surface area contributed by atoms with Crippen molar-refractivity contribution in [3.05, 3.63) is 50.6 Å². The number of rotatable bonds is 3. The smallest absolute Gasteiger partial charge is 0.267 e. The van der Waals surface area contributed by atoms with Gasteiger partial charge in [-0.05, 0) is 94.2 Å². The zero-order chi connectivity index (χ0) is 20.5. The third kappa shape index (κ3) is 3.74. The van der Waals surface area contributed by atoms with Crippen molar-refractivity contribution >= 4 is 5.82 Å². The number of pyridine rings is 1. The van der Waals surface area contributed by atoms with Gasteiger partial charge in [0.15, 0.2) is 0 Å². The van der Waals surface area contributed by atoms with Crippen LogP contribution in [0.1, 0.15) is 85.5 Å². The summed E-state index contributed by atoms with van der Waals surface area (Å²) in [6, 6.07) is 6.64. The third-order valence-electron chi connectivity index (χ3n) is 7.04. The van der Waals surface area contributed by atoms with Crippen molar-refractivity contribution in [2.24, 2.45) is 0 Å². The number of nitriles is 1. The van der Waals surface area contributed by atoms with E-state index in [0.29, 0.717) is 5.56 Å². The first kappa shape index (κ1) is 19.3. The maximum atomic E-state index is 12.6. The number of nitrogens with zero attached hydrogens (tertiary/aromatic N) is 4. The Morgan fingerprint density at radius 2 is 1.60 bits per heavy atom. The average molecular weight is 404 g/mol. The van der Waals surface area contributed by atoms with Gasteiger partial charge in [-0.25, -0.2) is 9.67 Å². The summed E-state index contributed by atoms with van der Waals surface area (Å²) in [7, 11) is 0. The van der Waals surface area contributed by atoms with Crippen molar-refractivity contribution in [2.45, 2.75) is 89.1 Å². The predicted molar refractivity (Wildman–Crippen MR) is 116 cm³/mol. The van der Waals surface area contributed by atoms with Crippen LogP contribution in [0.15, 0.2) is 16.9 Å². The number of aryl methyl sites for hydroxylation is 4. The zero-order valence-electron chi connectivity index (χ0n) is 17.5. The molecule has 0 bridgehead atoms. The Labute approximate surface area is 177 Å². The molecule has 0 unspecified atom stereocenters. The minimum absolute atomic E-state index is 0.0511. The van der Waals surface area contributed by atoms with Crippen molar-refractivity contribution in [2.75, 3.05) is 5.32 Å². The molecule has 2 aromatic heterocycles. The maximum Gasteiger partial charge on any atom is 0.267 e. The van der Waals surface area contributed by atoms with E-state index in [4.69, 9.17) is 10.1 Å². The predicted octanol–water partition coefficient (Wildman–Crippen LogP) is 3.86. The van der Waals surface area contributed by atoms with Crippen LogP contribution in [0.5, 0.6) is 0 Å². The van der Waals surface area contributed by atoms with Crippen LogP contribution in [0.4, 0.5) is 5.82 Å². The molecule has 1 saturated carbocycles. The van der Waals surface area contributed by atoms with Gasteiger partial charge in [0.25, 0.3) is 5.56 Å². The summed E-state index contributed by atoms with van der Waals surface area (Å²) in [5, 5.41) is 17.9. The van der Waals surface area contributed by atoms with Crippen molar-refractivity contribution < 1.29 is 0 Å². The van der Waals surface area contributed by atoms with E-state index in [-0.39, 0.29) is 17.6 Å². The molecule has 0 saturated heterocycles. The van der Waals surface area contributed by atoms with E-state index in [2.05, 4.69) is 11.4 Å². The van der Waals surface area contributed by atoms with Gasteiger partial charge in [0, 0.05) is 17.8 Å². The van der Waals surface area contributed by atoms with Gasteiger partial charge in [0.05, 0.1) is 17.3 Å². The summed E-state index contributed by atoms with van der Waals surface area (Å²) in [6.45, 7) is 0. The largest absolute Gasteiger partial charge is 0.366 e. The molecule has 2 aromatic rings. The first-order valence-corrected chi connectivity index (χ1v) is 11.5. The molecule has 2 heterocycles. The Kier molecular flexibility index (Phi) is 5.28. The molecule has 6 heteroatoms. The van der Waals surface area contributed by atoms with Crippen LogP contribution in [-0.4, -0.2) is 20.8 Å². The second kappa shape index (κ2) is 8.22. The third-order valence-corrected chi connectivity index (χ3v) is 7.04. The monoisotopic (exact) mass is 403 g/mol. The highest BCUT2D eigenvalue weighted by molar-refractivity contribution is 5.55. The summed E-state index contributed by atoms with van der Waals surface area (Å²) in [5.41, 5.74) is 5.38. The Balaban J connectivity index is 1.28. The number of aromatic nitrogens is 3. The van der Waals surface area contributed by atoms with Gasteiger partial charge >= 0.3 is 0 Å². The average Bonchev–Trinajstić information content (AvgIpc) is 2.79.